The SMILES string of the molecule is C=CC1CCC(c2ccc(C(F)(F)OC3CCC(C(F)(F)OC(F)(F)F)CC3)c(F)c2)CC1. The Labute approximate surface area is 186 Å². The Bertz CT molecular complexity index is 807. The number of benzene rings is 1. The fourth-order valence-corrected chi connectivity index (χ4v) is 4.74. The Morgan fingerprint density at radius 1 is 0.848 bits per heavy atom. The molecule has 0 unspecified atom stereocenters. The van der Waals surface area contributed by atoms with Gasteiger partial charge in [-0.05, 0) is 80.9 Å². The van der Waals surface area contributed by atoms with Crippen molar-refractivity contribution in [2.45, 2.75) is 82.0 Å². The van der Waals surface area contributed by atoms with Crippen LogP contribution in [0.25, 0.3) is 0 Å². The van der Waals surface area contributed by atoms with E-state index in [4.69, 9.17) is 4.74 Å². The van der Waals surface area contributed by atoms with E-state index in [9.17, 15) is 35.1 Å². The molecule has 2 fully saturated rings. The lowest BCUT2D eigenvalue weighted by atomic mass is 9.78. The second kappa shape index (κ2) is 9.90. The predicted molar refractivity (Wildman–Crippen MR) is 104 cm³/mol. The normalized spacial score (nSPS) is 27.4. The maximum atomic E-state index is 14.6. The first-order valence-corrected chi connectivity index (χ1v) is 10.9. The molecule has 2 aliphatic rings. The second-order valence-electron chi connectivity index (χ2n) is 8.80. The van der Waals surface area contributed by atoms with Crippen LogP contribution in [0.3, 0.4) is 0 Å². The van der Waals surface area contributed by atoms with Crippen molar-refractivity contribution in [2.75, 3.05) is 0 Å². The van der Waals surface area contributed by atoms with Gasteiger partial charge in [0.2, 0.25) is 0 Å². The topological polar surface area (TPSA) is 18.5 Å². The van der Waals surface area contributed by atoms with Crippen molar-refractivity contribution >= 4 is 0 Å². The molecule has 1 aromatic carbocycles. The molecular weight excluding hydrogens is 460 g/mol. The molecule has 10 heteroatoms. The lowest BCUT2D eigenvalue weighted by molar-refractivity contribution is -0.439. The van der Waals surface area contributed by atoms with Crippen LogP contribution in [-0.2, 0) is 15.6 Å². The molecule has 1 aromatic rings. The van der Waals surface area contributed by atoms with Gasteiger partial charge in [0, 0.05) is 0 Å². The first kappa shape index (κ1) is 25.9. The molecule has 3 rings (SSSR count). The molecule has 2 nitrogen and oxygen atoms in total. The number of allylic oxidation sites excluding steroid dienone is 1. The minimum atomic E-state index is -5.52. The van der Waals surface area contributed by atoms with E-state index in [1.54, 1.807) is 0 Å². The van der Waals surface area contributed by atoms with Gasteiger partial charge in [-0.15, -0.1) is 19.8 Å². The number of rotatable bonds is 7. The van der Waals surface area contributed by atoms with Crippen molar-refractivity contribution in [1.82, 2.24) is 0 Å². The molecule has 2 saturated carbocycles. The Morgan fingerprint density at radius 3 is 1.97 bits per heavy atom. The van der Waals surface area contributed by atoms with Crippen LogP contribution >= 0.6 is 0 Å². The standard InChI is InChI=1S/C23H26F8O2/c1-2-14-3-5-15(6-4-14)16-7-12-19(20(24)13-16)22(27,28)32-18-10-8-17(9-11-18)21(25,26)33-23(29,30)31/h2,7,12-15,17-18H,1,3-6,8-11H2. The molecule has 0 saturated heterocycles. The lowest BCUT2D eigenvalue weighted by Crippen LogP contribution is -2.40. The quantitative estimate of drug-likeness (QED) is 0.287. The van der Waals surface area contributed by atoms with E-state index in [2.05, 4.69) is 11.3 Å². The highest BCUT2D eigenvalue weighted by atomic mass is 19.4. The van der Waals surface area contributed by atoms with E-state index >= 15 is 0 Å². The van der Waals surface area contributed by atoms with E-state index in [1.165, 1.54) is 6.07 Å². The predicted octanol–water partition coefficient (Wildman–Crippen LogP) is 8.04. The third-order valence-corrected chi connectivity index (χ3v) is 6.60. The minimum absolute atomic E-state index is 0.0650. The van der Waals surface area contributed by atoms with Crippen molar-refractivity contribution in [2.24, 2.45) is 11.8 Å². The number of hydrogen-bond acceptors (Lipinski definition) is 2. The summed E-state index contributed by atoms with van der Waals surface area (Å²) >= 11 is 0. The molecule has 33 heavy (non-hydrogen) atoms. The van der Waals surface area contributed by atoms with Crippen molar-refractivity contribution in [3.63, 3.8) is 0 Å². The van der Waals surface area contributed by atoms with Gasteiger partial charge < -0.3 is 4.74 Å². The number of hydrogen-bond donors (Lipinski definition) is 0. The van der Waals surface area contributed by atoms with Crippen LogP contribution in [0.4, 0.5) is 35.1 Å². The van der Waals surface area contributed by atoms with E-state index in [1.807, 2.05) is 6.08 Å². The van der Waals surface area contributed by atoms with Gasteiger partial charge in [-0.2, -0.15) is 17.6 Å². The van der Waals surface area contributed by atoms with Crippen LogP contribution in [0.2, 0.25) is 0 Å². The molecule has 0 bridgehead atoms. The van der Waals surface area contributed by atoms with Crippen LogP contribution < -0.4 is 0 Å². The zero-order valence-electron chi connectivity index (χ0n) is 17.8. The highest BCUT2D eigenvalue weighted by Crippen LogP contribution is 2.44. The zero-order valence-corrected chi connectivity index (χ0v) is 17.8. The first-order chi connectivity index (χ1) is 15.3. The Hall–Kier alpha value is -1.68. The van der Waals surface area contributed by atoms with Gasteiger partial charge in [0.1, 0.15) is 5.82 Å². The second-order valence-corrected chi connectivity index (χ2v) is 8.80. The summed E-state index contributed by atoms with van der Waals surface area (Å²) in [5, 5.41) is 0. The summed E-state index contributed by atoms with van der Waals surface area (Å²) in [5.41, 5.74) is -0.333. The summed E-state index contributed by atoms with van der Waals surface area (Å²) in [6.07, 6.45) is -11.6. The van der Waals surface area contributed by atoms with Gasteiger partial charge in [0.05, 0.1) is 17.6 Å². The Balaban J connectivity index is 1.59. The van der Waals surface area contributed by atoms with Crippen molar-refractivity contribution in [1.29, 1.82) is 0 Å². The van der Waals surface area contributed by atoms with Crippen LogP contribution in [0.15, 0.2) is 30.9 Å². The van der Waals surface area contributed by atoms with Crippen LogP contribution in [0.1, 0.15) is 68.4 Å². The highest BCUT2D eigenvalue weighted by molar-refractivity contribution is 5.29. The van der Waals surface area contributed by atoms with Crippen molar-refractivity contribution in [3.05, 3.63) is 47.8 Å². The first-order valence-electron chi connectivity index (χ1n) is 10.9. The molecule has 0 radical (unpaired) electrons. The van der Waals surface area contributed by atoms with Gasteiger partial charge >= 0.3 is 18.6 Å². The van der Waals surface area contributed by atoms with Gasteiger partial charge in [-0.25, -0.2) is 9.13 Å². The summed E-state index contributed by atoms with van der Waals surface area (Å²) < 4.78 is 115. The molecule has 2 aliphatic carbocycles. The summed E-state index contributed by atoms with van der Waals surface area (Å²) in [4.78, 5) is 0. The molecule has 0 heterocycles. The van der Waals surface area contributed by atoms with Crippen LogP contribution in [0.5, 0.6) is 0 Å². The van der Waals surface area contributed by atoms with Crippen molar-refractivity contribution in [3.8, 4) is 0 Å². The average Bonchev–Trinajstić information content (AvgIpc) is 2.72. The highest BCUT2D eigenvalue weighted by Gasteiger charge is 2.51. The molecule has 0 spiro atoms. The third kappa shape index (κ3) is 6.68. The molecule has 0 aromatic heterocycles. The van der Waals surface area contributed by atoms with Crippen molar-refractivity contribution < 1.29 is 44.6 Å². The van der Waals surface area contributed by atoms with E-state index in [0.29, 0.717) is 11.5 Å². The molecular formula is C23H26F8O2. The number of alkyl halides is 7. The summed E-state index contributed by atoms with van der Waals surface area (Å²) in [6.45, 7) is 3.77. The largest absolute Gasteiger partial charge is 0.527 e. The zero-order chi connectivity index (χ0) is 24.4. The molecule has 186 valence electrons. The van der Waals surface area contributed by atoms with E-state index in [0.717, 1.165) is 37.8 Å². The summed E-state index contributed by atoms with van der Waals surface area (Å²) in [5.74, 6) is -2.43. The number of ether oxygens (including phenoxy) is 2. The lowest BCUT2D eigenvalue weighted by Gasteiger charge is -2.34. The monoisotopic (exact) mass is 486 g/mol. The number of halogens is 8. The molecule has 0 N–H and O–H groups in total. The fourth-order valence-electron chi connectivity index (χ4n) is 4.74. The molecule has 0 aliphatic heterocycles. The average molecular weight is 486 g/mol. The summed E-state index contributed by atoms with van der Waals surface area (Å²) in [6, 6.07) is 3.50. The maximum absolute atomic E-state index is 14.6. The van der Waals surface area contributed by atoms with Crippen LogP contribution in [-0.4, -0.2) is 18.6 Å². The van der Waals surface area contributed by atoms with E-state index < -0.39 is 54.8 Å². The molecule has 0 atom stereocenters. The summed E-state index contributed by atoms with van der Waals surface area (Å²) in [7, 11) is 0. The third-order valence-electron chi connectivity index (χ3n) is 6.60. The smallest absolute Gasteiger partial charge is 0.313 e. The Morgan fingerprint density at radius 2 is 1.45 bits per heavy atom. The van der Waals surface area contributed by atoms with Gasteiger partial charge in [-0.3, -0.25) is 0 Å². The van der Waals surface area contributed by atoms with E-state index in [-0.39, 0.29) is 18.8 Å². The maximum Gasteiger partial charge on any atom is 0.527 e. The fraction of sp³-hybridized carbons (Fsp3) is 0.652. The Kier molecular flexibility index (Phi) is 7.78. The van der Waals surface area contributed by atoms with Gasteiger partial charge in [0.15, 0.2) is 0 Å². The van der Waals surface area contributed by atoms with Gasteiger partial charge in [-0.1, -0.05) is 12.1 Å². The molecule has 0 amide bonds. The van der Waals surface area contributed by atoms with Gasteiger partial charge in [0.25, 0.3) is 0 Å². The minimum Gasteiger partial charge on any atom is -0.313 e. The van der Waals surface area contributed by atoms with Crippen LogP contribution in [0, 0.1) is 17.7 Å².